The molecule has 0 heterocycles. The van der Waals surface area contributed by atoms with Gasteiger partial charge in [-0.3, -0.25) is 4.79 Å². The van der Waals surface area contributed by atoms with Gasteiger partial charge in [-0.25, -0.2) is 0 Å². The van der Waals surface area contributed by atoms with Crippen LogP contribution >= 0.6 is 0 Å². The first-order chi connectivity index (χ1) is 7.22. The maximum atomic E-state index is 11.0. The number of aryl methyl sites for hydroxylation is 1. The average Bonchev–Trinajstić information content (AvgIpc) is 2.18. The van der Waals surface area contributed by atoms with Crippen LogP contribution in [0, 0.1) is 13.5 Å². The second kappa shape index (κ2) is 6.06. The highest BCUT2D eigenvalue weighted by atomic mass is 16.5. The lowest BCUT2D eigenvalue weighted by molar-refractivity contribution is -0.142. The summed E-state index contributed by atoms with van der Waals surface area (Å²) in [5.74, 6) is 0.462. The van der Waals surface area contributed by atoms with Gasteiger partial charge in [-0.15, -0.1) is 0 Å². The van der Waals surface area contributed by atoms with Crippen molar-refractivity contribution in [1.29, 1.82) is 0 Å². The van der Waals surface area contributed by atoms with Crippen LogP contribution in [0.3, 0.4) is 0 Å². The third kappa shape index (κ3) is 4.49. The van der Waals surface area contributed by atoms with Crippen molar-refractivity contribution in [2.24, 2.45) is 0 Å². The van der Waals surface area contributed by atoms with E-state index in [9.17, 15) is 4.79 Å². The Hall–Kier alpha value is -1.51. The number of esters is 1. The van der Waals surface area contributed by atoms with Crippen LogP contribution in [0.1, 0.15) is 18.9 Å². The summed E-state index contributed by atoms with van der Waals surface area (Å²) in [4.78, 5) is 11.0. The molecule has 0 saturated carbocycles. The van der Waals surface area contributed by atoms with Crippen LogP contribution in [0.5, 0.6) is 5.75 Å². The van der Waals surface area contributed by atoms with Gasteiger partial charge in [0.05, 0.1) is 13.0 Å². The zero-order valence-electron chi connectivity index (χ0n) is 9.03. The van der Waals surface area contributed by atoms with E-state index in [2.05, 4.69) is 0 Å². The van der Waals surface area contributed by atoms with Crippen molar-refractivity contribution in [3.63, 3.8) is 0 Å². The monoisotopic (exact) mass is 207 g/mol. The molecule has 0 bridgehead atoms. The van der Waals surface area contributed by atoms with Gasteiger partial charge in [-0.05, 0) is 31.5 Å². The van der Waals surface area contributed by atoms with E-state index in [4.69, 9.17) is 9.47 Å². The molecule has 3 heteroatoms. The second-order valence-corrected chi connectivity index (χ2v) is 3.11. The van der Waals surface area contributed by atoms with Crippen LogP contribution in [-0.2, 0) is 9.53 Å². The Balaban J connectivity index is 2.28. The van der Waals surface area contributed by atoms with Gasteiger partial charge in [-0.2, -0.15) is 0 Å². The van der Waals surface area contributed by atoms with Crippen molar-refractivity contribution in [3.8, 4) is 5.75 Å². The van der Waals surface area contributed by atoms with Gasteiger partial charge in [0.1, 0.15) is 12.4 Å². The molecule has 1 aromatic carbocycles. The van der Waals surface area contributed by atoms with E-state index in [1.807, 2.05) is 31.2 Å². The summed E-state index contributed by atoms with van der Waals surface area (Å²) < 4.78 is 10.0. The minimum Gasteiger partial charge on any atom is -0.486 e. The van der Waals surface area contributed by atoms with Gasteiger partial charge in [0.15, 0.2) is 0 Å². The molecule has 1 aromatic rings. The minimum atomic E-state index is -0.273. The van der Waals surface area contributed by atoms with Crippen molar-refractivity contribution >= 4 is 5.97 Å². The Bertz CT molecular complexity index is 320. The van der Waals surface area contributed by atoms with Gasteiger partial charge < -0.3 is 9.47 Å². The fraction of sp³-hybridized carbons (Fsp3) is 0.333. The Kier molecular flexibility index (Phi) is 4.68. The summed E-state index contributed by atoms with van der Waals surface area (Å²) in [5, 5.41) is 0. The predicted octanol–water partition coefficient (Wildman–Crippen LogP) is 2.49. The first-order valence-electron chi connectivity index (χ1n) is 4.93. The predicted molar refractivity (Wildman–Crippen MR) is 57.4 cm³/mol. The lowest BCUT2D eigenvalue weighted by Crippen LogP contribution is -2.05. The van der Waals surface area contributed by atoms with Crippen LogP contribution < -0.4 is 4.74 Å². The molecular formula is C12H15O3. The molecule has 1 rings (SSSR count). The number of carbonyl (C=O) groups is 1. The highest BCUT2D eigenvalue weighted by Gasteiger charge is 2.02. The lowest BCUT2D eigenvalue weighted by Gasteiger charge is -2.05. The fourth-order valence-electron chi connectivity index (χ4n) is 1.11. The average molecular weight is 207 g/mol. The van der Waals surface area contributed by atoms with Crippen molar-refractivity contribution < 1.29 is 14.3 Å². The summed E-state index contributed by atoms with van der Waals surface area (Å²) in [6.07, 6.45) is 0.168. The van der Waals surface area contributed by atoms with Gasteiger partial charge in [-0.1, -0.05) is 12.1 Å². The maximum absolute atomic E-state index is 11.0. The Morgan fingerprint density at radius 1 is 1.47 bits per heavy atom. The molecule has 0 amide bonds. The fourth-order valence-corrected chi connectivity index (χ4v) is 1.11. The third-order valence-electron chi connectivity index (χ3n) is 1.76. The molecule has 1 radical (unpaired) electrons. The molecule has 0 saturated heterocycles. The number of ether oxygens (including phenoxy) is 2. The Morgan fingerprint density at radius 2 is 2.27 bits per heavy atom. The SMILES string of the molecule is CCOC(=O)C[CH]Oc1cccc(C)c1. The zero-order chi connectivity index (χ0) is 11.1. The molecule has 0 spiro atoms. The van der Waals surface area contributed by atoms with Crippen molar-refractivity contribution in [2.75, 3.05) is 6.61 Å². The molecule has 0 atom stereocenters. The van der Waals surface area contributed by atoms with E-state index in [-0.39, 0.29) is 12.4 Å². The second-order valence-electron chi connectivity index (χ2n) is 3.11. The number of benzene rings is 1. The summed E-state index contributed by atoms with van der Waals surface area (Å²) >= 11 is 0. The van der Waals surface area contributed by atoms with Crippen LogP contribution in [0.4, 0.5) is 0 Å². The van der Waals surface area contributed by atoms with E-state index in [1.54, 1.807) is 6.92 Å². The molecule has 3 nitrogen and oxygen atoms in total. The van der Waals surface area contributed by atoms with Gasteiger partial charge in [0.2, 0.25) is 0 Å². The van der Waals surface area contributed by atoms with E-state index < -0.39 is 0 Å². The topological polar surface area (TPSA) is 35.5 Å². The van der Waals surface area contributed by atoms with E-state index >= 15 is 0 Å². The largest absolute Gasteiger partial charge is 0.486 e. The third-order valence-corrected chi connectivity index (χ3v) is 1.76. The zero-order valence-corrected chi connectivity index (χ0v) is 9.03. The standard InChI is InChI=1S/C12H15O3/c1-3-14-12(13)7-8-15-11-6-4-5-10(2)9-11/h4-6,8-9H,3,7H2,1-2H3. The number of rotatable bonds is 5. The molecule has 0 aromatic heterocycles. The van der Waals surface area contributed by atoms with Crippen LogP contribution in [0.2, 0.25) is 0 Å². The summed E-state index contributed by atoms with van der Waals surface area (Å²) in [5.41, 5.74) is 1.12. The van der Waals surface area contributed by atoms with E-state index in [0.717, 1.165) is 11.3 Å². The lowest BCUT2D eigenvalue weighted by atomic mass is 10.2. The number of hydrogen-bond donors (Lipinski definition) is 0. The van der Waals surface area contributed by atoms with Gasteiger partial charge >= 0.3 is 5.97 Å². The molecular weight excluding hydrogens is 192 g/mol. The van der Waals surface area contributed by atoms with E-state index in [1.165, 1.54) is 6.61 Å². The van der Waals surface area contributed by atoms with Gasteiger partial charge in [0, 0.05) is 0 Å². The smallest absolute Gasteiger partial charge is 0.309 e. The quantitative estimate of drug-likeness (QED) is 0.696. The van der Waals surface area contributed by atoms with E-state index in [0.29, 0.717) is 6.61 Å². The first-order valence-corrected chi connectivity index (χ1v) is 4.93. The molecule has 0 aliphatic heterocycles. The van der Waals surface area contributed by atoms with Crippen molar-refractivity contribution in [1.82, 2.24) is 0 Å². The Morgan fingerprint density at radius 3 is 2.93 bits per heavy atom. The number of carbonyl (C=O) groups excluding carboxylic acids is 1. The highest BCUT2D eigenvalue weighted by molar-refractivity contribution is 5.70. The summed E-state index contributed by atoms with van der Waals surface area (Å²) in [7, 11) is 0. The minimum absolute atomic E-state index is 0.168. The first kappa shape index (κ1) is 11.6. The molecule has 0 aliphatic carbocycles. The highest BCUT2D eigenvalue weighted by Crippen LogP contribution is 2.13. The van der Waals surface area contributed by atoms with Crippen molar-refractivity contribution in [3.05, 3.63) is 36.4 Å². The van der Waals surface area contributed by atoms with Crippen LogP contribution in [-0.4, -0.2) is 12.6 Å². The summed E-state index contributed by atoms with van der Waals surface area (Å²) in [6, 6.07) is 7.64. The maximum Gasteiger partial charge on any atom is 0.309 e. The summed E-state index contributed by atoms with van der Waals surface area (Å²) in [6.45, 7) is 5.61. The number of hydrogen-bond acceptors (Lipinski definition) is 3. The molecule has 15 heavy (non-hydrogen) atoms. The molecule has 0 aliphatic rings. The molecule has 81 valence electrons. The normalized spacial score (nSPS) is 9.73. The molecule has 0 N–H and O–H groups in total. The van der Waals surface area contributed by atoms with Crippen molar-refractivity contribution in [2.45, 2.75) is 20.3 Å². The van der Waals surface area contributed by atoms with Gasteiger partial charge in [0.25, 0.3) is 0 Å². The van der Waals surface area contributed by atoms with Crippen LogP contribution in [0.15, 0.2) is 24.3 Å². The Labute approximate surface area is 90.0 Å². The molecule has 0 fully saturated rings. The van der Waals surface area contributed by atoms with Crippen LogP contribution in [0.25, 0.3) is 0 Å². The molecule has 0 unspecified atom stereocenters.